The molecule has 0 radical (unpaired) electrons. The second-order valence-corrected chi connectivity index (χ2v) is 12.2. The van der Waals surface area contributed by atoms with Crippen LogP contribution in [0.4, 0.5) is 0 Å². The number of nitrogens with zero attached hydrogens (tertiary/aromatic N) is 1. The molecule has 2 aliphatic rings. The first kappa shape index (κ1) is 31.8. The smallest absolute Gasteiger partial charge is 0.459 e. The summed E-state index contributed by atoms with van der Waals surface area (Å²) < 4.78 is 11.0. The Morgan fingerprint density at radius 3 is 2.65 bits per heavy atom. The van der Waals surface area contributed by atoms with Crippen molar-refractivity contribution >= 4 is 69.6 Å². The van der Waals surface area contributed by atoms with E-state index in [4.69, 9.17) is 9.47 Å². The lowest BCUT2D eigenvalue weighted by Crippen LogP contribution is -2.25. The zero-order chi connectivity index (χ0) is 25.9. The van der Waals surface area contributed by atoms with Crippen LogP contribution in [0.2, 0.25) is 12.1 Å². The molecular formula is C26H34B2INO5S2. The summed E-state index contributed by atoms with van der Waals surface area (Å²) in [5.74, 6) is 2.01. The van der Waals surface area contributed by atoms with Crippen molar-refractivity contribution in [1.29, 1.82) is 0 Å². The molecule has 2 aromatic rings. The third-order valence-corrected chi connectivity index (χ3v) is 9.21. The summed E-state index contributed by atoms with van der Waals surface area (Å²) in [6.07, 6.45) is 5.20. The number of nitroso groups, excluding NO2 is 1. The minimum absolute atomic E-state index is 0. The zero-order valence-corrected chi connectivity index (χ0v) is 25.3. The lowest BCUT2D eigenvalue weighted by atomic mass is 9.60. The van der Waals surface area contributed by atoms with E-state index in [9.17, 15) is 14.5 Å². The maximum atomic E-state index is 12.2. The van der Waals surface area contributed by atoms with Crippen molar-refractivity contribution in [3.05, 3.63) is 70.1 Å². The second kappa shape index (κ2) is 16.5. The highest BCUT2D eigenvalue weighted by molar-refractivity contribution is 14.1. The molecule has 0 bridgehead atoms. The van der Waals surface area contributed by atoms with Crippen molar-refractivity contribution in [2.24, 2.45) is 16.9 Å². The Morgan fingerprint density at radius 1 is 1.19 bits per heavy atom. The van der Waals surface area contributed by atoms with Gasteiger partial charge in [0.2, 0.25) is 5.99 Å². The average Bonchev–Trinajstić information content (AvgIpc) is 3.25. The highest BCUT2D eigenvalue weighted by atomic mass is 127. The van der Waals surface area contributed by atoms with Gasteiger partial charge in [0.05, 0.1) is 0 Å². The van der Waals surface area contributed by atoms with E-state index in [-0.39, 0.29) is 30.7 Å². The van der Waals surface area contributed by atoms with Gasteiger partial charge in [-0.3, -0.25) is 0 Å². The Balaban J connectivity index is 0.00000157. The monoisotopic (exact) mass is 653 g/mol. The largest absolute Gasteiger partial charge is 0.482 e. The van der Waals surface area contributed by atoms with Gasteiger partial charge in [0.25, 0.3) is 0 Å². The maximum Gasteiger partial charge on any atom is 0.459 e. The van der Waals surface area contributed by atoms with Crippen LogP contribution in [-0.4, -0.2) is 28.8 Å². The van der Waals surface area contributed by atoms with Gasteiger partial charge < -0.3 is 14.3 Å². The van der Waals surface area contributed by atoms with Gasteiger partial charge in [0.15, 0.2) is 6.61 Å². The predicted molar refractivity (Wildman–Crippen MR) is 167 cm³/mol. The minimum atomic E-state index is -0.393. The van der Waals surface area contributed by atoms with Crippen LogP contribution in [0.1, 0.15) is 43.4 Å². The van der Waals surface area contributed by atoms with Crippen molar-refractivity contribution in [2.75, 3.05) is 6.61 Å². The molecule has 11 heteroatoms. The summed E-state index contributed by atoms with van der Waals surface area (Å²) in [6, 6.07) is 15.6. The number of hydrogen-bond acceptors (Lipinski definition) is 7. The topological polar surface area (TPSA) is 82.0 Å². The number of fused-ring (bicyclic) bond motifs is 2. The van der Waals surface area contributed by atoms with E-state index >= 15 is 0 Å². The summed E-state index contributed by atoms with van der Waals surface area (Å²) >= 11 is 3.71. The third-order valence-electron chi connectivity index (χ3n) is 6.90. The molecule has 1 aliphatic heterocycles. The predicted octanol–water partition coefficient (Wildman–Crippen LogP) is 6.55. The third kappa shape index (κ3) is 8.78. The van der Waals surface area contributed by atoms with Crippen LogP contribution in [0.25, 0.3) is 0 Å². The molecule has 1 aliphatic carbocycles. The Kier molecular flexibility index (Phi) is 14.2. The molecule has 3 unspecified atom stereocenters. The van der Waals surface area contributed by atoms with Crippen LogP contribution in [-0.2, 0) is 33.8 Å². The highest BCUT2D eigenvalue weighted by Crippen LogP contribution is 2.54. The molecule has 1 heterocycles. The van der Waals surface area contributed by atoms with Crippen LogP contribution in [0.5, 0.6) is 5.75 Å². The van der Waals surface area contributed by atoms with Crippen LogP contribution >= 0.6 is 47.3 Å². The standard InChI is InChI=1S/C24H26B2INO5S.C2H6.H2S/c27-26(28-31)34-25-14-19-13-21-18(12-20(19)22(25)9-5-11-29)8-4-10-23(21)32-16-24(30)33-15-17-6-2-1-3-7-17;1-2;/h1-4,6-8,10-11,19-20,22H,5,9,12-16H2;1-2H3;1H2. The first-order valence-corrected chi connectivity index (χ1v) is 14.8. The quantitative estimate of drug-likeness (QED) is 0.0900. The molecule has 0 aromatic heterocycles. The van der Waals surface area contributed by atoms with Gasteiger partial charge in [-0.15, -0.1) is 5.09 Å². The molecule has 37 heavy (non-hydrogen) atoms. The van der Waals surface area contributed by atoms with Crippen LogP contribution in [0.3, 0.4) is 0 Å². The molecule has 1 fully saturated rings. The van der Waals surface area contributed by atoms with Gasteiger partial charge in [-0.25, -0.2) is 16.3 Å². The van der Waals surface area contributed by atoms with E-state index < -0.39 is 5.97 Å². The molecular weight excluding hydrogens is 619 g/mol. The van der Waals surface area contributed by atoms with E-state index in [1.54, 1.807) is 11.5 Å². The first-order valence-electron chi connectivity index (χ1n) is 12.6. The van der Waals surface area contributed by atoms with Gasteiger partial charge in [0, 0.05) is 6.42 Å². The molecule has 3 atom stereocenters. The molecule has 0 amide bonds. The van der Waals surface area contributed by atoms with E-state index in [2.05, 4.69) is 33.5 Å². The molecule has 0 saturated carbocycles. The summed E-state index contributed by atoms with van der Waals surface area (Å²) in [5, 5.41) is 3.18. The molecule has 6 nitrogen and oxygen atoms in total. The number of hydrogen-bond donors (Lipinski definition) is 0. The van der Waals surface area contributed by atoms with Gasteiger partial charge >= 0.3 is 9.95 Å². The summed E-state index contributed by atoms with van der Waals surface area (Å²) in [5.41, 5.74) is 3.35. The number of esters is 1. The van der Waals surface area contributed by atoms with Crippen molar-refractivity contribution in [3.63, 3.8) is 0 Å². The van der Waals surface area contributed by atoms with Gasteiger partial charge in [-0.1, -0.05) is 85.0 Å². The molecule has 4 rings (SSSR count). The Labute approximate surface area is 245 Å². The maximum absolute atomic E-state index is 12.2. The number of ether oxygens (including phenoxy) is 2. The molecule has 0 spiro atoms. The fourth-order valence-electron chi connectivity index (χ4n) is 5.41. The van der Waals surface area contributed by atoms with E-state index in [1.165, 1.54) is 11.1 Å². The van der Waals surface area contributed by atoms with Crippen LogP contribution < -0.4 is 4.74 Å². The Bertz CT molecular complexity index is 1020. The molecule has 2 aromatic carbocycles. The summed E-state index contributed by atoms with van der Waals surface area (Å²) in [7, 11) is 0. The van der Waals surface area contributed by atoms with Crippen LogP contribution in [0, 0.1) is 16.7 Å². The van der Waals surface area contributed by atoms with Crippen molar-refractivity contribution in [3.8, 4) is 5.75 Å². The van der Waals surface area contributed by atoms with Crippen molar-refractivity contribution < 1.29 is 19.1 Å². The lowest BCUT2D eigenvalue weighted by Gasteiger charge is -2.32. The summed E-state index contributed by atoms with van der Waals surface area (Å²) in [4.78, 5) is 34.3. The number of halogens is 1. The first-order chi connectivity index (χ1) is 17.6. The van der Waals surface area contributed by atoms with E-state index in [0.717, 1.165) is 43.2 Å². The zero-order valence-electron chi connectivity index (χ0n) is 21.3. The highest BCUT2D eigenvalue weighted by Gasteiger charge is 2.48. The number of benzene rings is 2. The van der Waals surface area contributed by atoms with Gasteiger partial charge in [-0.2, -0.15) is 18.4 Å². The minimum Gasteiger partial charge on any atom is -0.482 e. The number of rotatable bonds is 11. The van der Waals surface area contributed by atoms with Gasteiger partial charge in [0.1, 0.15) is 18.6 Å². The second-order valence-electron chi connectivity index (χ2n) is 8.88. The Hall–Kier alpha value is -1.46. The molecule has 0 N–H and O–H groups in total. The van der Waals surface area contributed by atoms with Crippen molar-refractivity contribution in [1.82, 2.24) is 0 Å². The number of aldehydes is 1. The fraction of sp³-hybridized carbons (Fsp3) is 0.462. The normalized spacial score (nSPS) is 19.2. The number of carbonyl (C=O) groups is 2. The van der Waals surface area contributed by atoms with Crippen molar-refractivity contribution in [2.45, 2.75) is 58.3 Å². The number of carbonyl (C=O) groups excluding carboxylic acids is 2. The molecule has 198 valence electrons. The van der Waals surface area contributed by atoms with Crippen LogP contribution in [0.15, 0.2) is 53.6 Å². The fourth-order valence-corrected chi connectivity index (χ4v) is 7.78. The Morgan fingerprint density at radius 2 is 1.95 bits per heavy atom. The van der Waals surface area contributed by atoms with E-state index in [1.807, 2.05) is 56.3 Å². The van der Waals surface area contributed by atoms with E-state index in [0.29, 0.717) is 30.1 Å². The van der Waals surface area contributed by atoms with Gasteiger partial charge in [-0.05, 0) is 59.7 Å². The summed E-state index contributed by atoms with van der Waals surface area (Å²) in [6.45, 7) is 4.10. The average molecular weight is 653 g/mol. The molecule has 1 saturated heterocycles. The lowest BCUT2D eigenvalue weighted by molar-refractivity contribution is -0.147. The SMILES string of the molecule is CC.O=CCCC1B(SB(I)N=O)CC2Cc3c(cccc3OCC(=O)OCc3ccccc3)CC21.S.